The SMILES string of the molecule is C=CC[C@H]1C(=O)C(C)(C)[C@@H](O)CC(=O)N[C@H](C(F)=Cc2coc(C)n2)C[C@@H]2O[C@]2(C)CCO[C@H](C)[C@H]1O. The molecule has 0 bridgehead atoms. The van der Waals surface area contributed by atoms with Crippen LogP contribution in [0.3, 0.4) is 0 Å². The molecule has 10 heteroatoms. The summed E-state index contributed by atoms with van der Waals surface area (Å²) in [5.41, 5.74) is -1.69. The largest absolute Gasteiger partial charge is 0.449 e. The second-order valence-corrected chi connectivity index (χ2v) is 10.8. The maximum Gasteiger partial charge on any atom is 0.223 e. The molecule has 0 saturated carbocycles. The van der Waals surface area contributed by atoms with Crippen LogP contribution >= 0.6 is 0 Å². The lowest BCUT2D eigenvalue weighted by Gasteiger charge is -2.35. The first-order chi connectivity index (χ1) is 17.3. The van der Waals surface area contributed by atoms with Crippen LogP contribution in [-0.4, -0.2) is 69.6 Å². The highest BCUT2D eigenvalue weighted by Gasteiger charge is 2.53. The molecule has 2 aliphatic rings. The van der Waals surface area contributed by atoms with Crippen molar-refractivity contribution < 1.29 is 38.1 Å². The topological polar surface area (TPSA) is 134 Å². The molecule has 0 radical (unpaired) electrons. The zero-order valence-corrected chi connectivity index (χ0v) is 22.2. The second kappa shape index (κ2) is 11.6. The van der Waals surface area contributed by atoms with E-state index in [0.717, 1.165) is 0 Å². The molecule has 2 saturated heterocycles. The molecule has 3 N–H and O–H groups in total. The van der Waals surface area contributed by atoms with Crippen LogP contribution in [-0.2, 0) is 19.1 Å². The van der Waals surface area contributed by atoms with Gasteiger partial charge in [-0.2, -0.15) is 0 Å². The van der Waals surface area contributed by atoms with Crippen molar-refractivity contribution >= 4 is 17.8 Å². The molecule has 7 atom stereocenters. The number of carbonyl (C=O) groups excluding carboxylic acids is 2. The maximum absolute atomic E-state index is 15.3. The van der Waals surface area contributed by atoms with Gasteiger partial charge < -0.3 is 29.4 Å². The number of oxazole rings is 1. The lowest BCUT2D eigenvalue weighted by molar-refractivity contribution is -0.147. The number of aryl methyl sites for hydroxylation is 1. The molecular formula is C27H39FN2O7. The summed E-state index contributed by atoms with van der Waals surface area (Å²) in [6, 6.07) is -1.04. The molecule has 3 rings (SSSR count). The molecular weight excluding hydrogens is 483 g/mol. The number of aliphatic hydroxyl groups is 2. The fraction of sp³-hybridized carbons (Fsp3) is 0.667. The number of ketones is 1. The molecule has 1 aromatic heterocycles. The average Bonchev–Trinajstić information content (AvgIpc) is 3.27. The fourth-order valence-electron chi connectivity index (χ4n) is 4.73. The summed E-state index contributed by atoms with van der Waals surface area (Å²) in [5.74, 6) is -2.17. The second-order valence-electron chi connectivity index (χ2n) is 10.8. The van der Waals surface area contributed by atoms with Crippen molar-refractivity contribution in [1.82, 2.24) is 10.3 Å². The summed E-state index contributed by atoms with van der Waals surface area (Å²) in [6.07, 6.45) is 0.892. The number of allylic oxidation sites excluding steroid dienone is 1. The number of nitrogens with zero attached hydrogens (tertiary/aromatic N) is 1. The molecule has 3 heterocycles. The van der Waals surface area contributed by atoms with E-state index in [1.165, 1.54) is 32.3 Å². The Bertz CT molecular complexity index is 1020. The van der Waals surface area contributed by atoms with E-state index in [1.807, 2.05) is 6.92 Å². The van der Waals surface area contributed by atoms with Crippen molar-refractivity contribution in [3.63, 3.8) is 0 Å². The number of aliphatic hydroxyl groups excluding tert-OH is 2. The molecule has 0 spiro atoms. The van der Waals surface area contributed by atoms with Gasteiger partial charge in [-0.15, -0.1) is 6.58 Å². The maximum atomic E-state index is 15.3. The van der Waals surface area contributed by atoms with E-state index in [2.05, 4.69) is 16.9 Å². The van der Waals surface area contributed by atoms with Crippen molar-refractivity contribution in [2.45, 2.75) is 96.4 Å². The number of hydrogen-bond donors (Lipinski definition) is 3. The quantitative estimate of drug-likeness (QED) is 0.406. The van der Waals surface area contributed by atoms with Gasteiger partial charge in [-0.05, 0) is 20.3 Å². The zero-order chi connectivity index (χ0) is 27.5. The van der Waals surface area contributed by atoms with Gasteiger partial charge in [-0.25, -0.2) is 9.37 Å². The van der Waals surface area contributed by atoms with Gasteiger partial charge in [-0.3, -0.25) is 9.59 Å². The standard InChI is InChI=1S/C27H39FN2O7/c1-7-8-18-24(33)15(2)35-10-9-27(6)22(37-27)12-20(19(28)11-17-14-36-16(3)29-17)30-23(32)13-21(31)26(4,5)25(18)34/h7,11,14-15,18,20-22,24,31,33H,1,8-10,12-13H2,2-6H3,(H,30,32)/t15-,18-,20+,21+,22+,24-,27-/m1/s1. The molecule has 0 aliphatic carbocycles. The monoisotopic (exact) mass is 522 g/mol. The lowest BCUT2D eigenvalue weighted by Crippen LogP contribution is -2.49. The number of fused-ring (bicyclic) bond motifs is 1. The zero-order valence-electron chi connectivity index (χ0n) is 22.2. The van der Waals surface area contributed by atoms with Crippen LogP contribution in [0.1, 0.15) is 65.0 Å². The molecule has 9 nitrogen and oxygen atoms in total. The Labute approximate surface area is 217 Å². The van der Waals surface area contributed by atoms with E-state index in [-0.39, 0.29) is 31.2 Å². The summed E-state index contributed by atoms with van der Waals surface area (Å²) in [6.45, 7) is 12.2. The molecule has 1 aromatic rings. The van der Waals surface area contributed by atoms with Gasteiger partial charge in [0.05, 0.1) is 53.8 Å². The number of amides is 1. The minimum Gasteiger partial charge on any atom is -0.449 e. The Hall–Kier alpha value is -2.40. The summed E-state index contributed by atoms with van der Waals surface area (Å²) >= 11 is 0. The van der Waals surface area contributed by atoms with E-state index < -0.39 is 65.2 Å². The third-order valence-electron chi connectivity index (χ3n) is 7.55. The number of aromatic nitrogens is 1. The molecule has 37 heavy (non-hydrogen) atoms. The summed E-state index contributed by atoms with van der Waals surface area (Å²) in [4.78, 5) is 30.5. The van der Waals surface area contributed by atoms with Gasteiger partial charge in [0.1, 0.15) is 23.6 Å². The van der Waals surface area contributed by atoms with E-state index in [4.69, 9.17) is 13.9 Å². The molecule has 0 unspecified atom stereocenters. The normalized spacial score (nSPS) is 35.9. The Kier molecular flexibility index (Phi) is 9.10. The predicted octanol–water partition coefficient (Wildman–Crippen LogP) is 3.03. The number of Topliss-reactive ketones (excluding diaryl/α,β-unsaturated/α-hetero) is 1. The fourth-order valence-corrected chi connectivity index (χ4v) is 4.73. The van der Waals surface area contributed by atoms with E-state index in [9.17, 15) is 19.8 Å². The first kappa shape index (κ1) is 29.2. The van der Waals surface area contributed by atoms with Crippen LogP contribution in [0.25, 0.3) is 6.08 Å². The summed E-state index contributed by atoms with van der Waals surface area (Å²) in [7, 11) is 0. The van der Waals surface area contributed by atoms with Crippen LogP contribution in [0.4, 0.5) is 4.39 Å². The minimum atomic E-state index is -1.38. The molecule has 0 aromatic carbocycles. The van der Waals surface area contributed by atoms with Gasteiger partial charge in [0, 0.05) is 32.4 Å². The summed E-state index contributed by atoms with van der Waals surface area (Å²) in [5, 5.41) is 24.5. The number of epoxide rings is 1. The predicted molar refractivity (Wildman–Crippen MR) is 134 cm³/mol. The van der Waals surface area contributed by atoms with Crippen molar-refractivity contribution in [2.75, 3.05) is 6.61 Å². The Morgan fingerprint density at radius 3 is 2.65 bits per heavy atom. The third-order valence-corrected chi connectivity index (χ3v) is 7.55. The number of ether oxygens (including phenoxy) is 2. The number of carbonyl (C=O) groups is 2. The smallest absolute Gasteiger partial charge is 0.223 e. The minimum absolute atomic E-state index is 0.152. The highest BCUT2D eigenvalue weighted by Crippen LogP contribution is 2.43. The molecule has 2 aliphatic heterocycles. The lowest BCUT2D eigenvalue weighted by atomic mass is 9.72. The number of rotatable bonds is 4. The highest BCUT2D eigenvalue weighted by atomic mass is 19.1. The van der Waals surface area contributed by atoms with Crippen molar-refractivity contribution in [1.29, 1.82) is 0 Å². The van der Waals surface area contributed by atoms with E-state index in [1.54, 1.807) is 13.8 Å². The van der Waals surface area contributed by atoms with Gasteiger partial charge >= 0.3 is 0 Å². The molecule has 2 fully saturated rings. The highest BCUT2D eigenvalue weighted by molar-refractivity contribution is 5.88. The van der Waals surface area contributed by atoms with Crippen molar-refractivity contribution in [3.05, 3.63) is 36.3 Å². The number of halogens is 1. The van der Waals surface area contributed by atoms with Crippen molar-refractivity contribution in [3.8, 4) is 0 Å². The Morgan fingerprint density at radius 2 is 2.03 bits per heavy atom. The van der Waals surface area contributed by atoms with E-state index >= 15 is 4.39 Å². The Balaban J connectivity index is 1.88. The first-order valence-corrected chi connectivity index (χ1v) is 12.7. The average molecular weight is 523 g/mol. The van der Waals surface area contributed by atoms with Crippen LogP contribution in [0.15, 0.2) is 29.2 Å². The van der Waals surface area contributed by atoms with Gasteiger partial charge in [0.15, 0.2) is 5.89 Å². The third kappa shape index (κ3) is 6.93. The Morgan fingerprint density at radius 1 is 1.32 bits per heavy atom. The van der Waals surface area contributed by atoms with Crippen molar-refractivity contribution in [2.24, 2.45) is 11.3 Å². The van der Waals surface area contributed by atoms with Crippen LogP contribution < -0.4 is 5.32 Å². The number of hydrogen-bond acceptors (Lipinski definition) is 8. The summed E-state index contributed by atoms with van der Waals surface area (Å²) < 4.78 is 32.2. The van der Waals surface area contributed by atoms with E-state index in [0.29, 0.717) is 12.3 Å². The molecule has 1 amide bonds. The van der Waals surface area contributed by atoms with Gasteiger partial charge in [0.25, 0.3) is 0 Å². The first-order valence-electron chi connectivity index (χ1n) is 12.7. The van der Waals surface area contributed by atoms with Crippen LogP contribution in [0.2, 0.25) is 0 Å². The van der Waals surface area contributed by atoms with Crippen LogP contribution in [0.5, 0.6) is 0 Å². The van der Waals surface area contributed by atoms with Gasteiger partial charge in [-0.1, -0.05) is 19.9 Å². The number of nitrogens with one attached hydrogen (secondary N) is 1. The van der Waals surface area contributed by atoms with Gasteiger partial charge in [0.2, 0.25) is 5.91 Å². The van der Waals surface area contributed by atoms with Crippen LogP contribution in [0, 0.1) is 18.3 Å². The molecule has 206 valence electrons.